The Morgan fingerprint density at radius 1 is 0.581 bits per heavy atom. The van der Waals surface area contributed by atoms with Crippen LogP contribution in [0.2, 0.25) is 0 Å². The van der Waals surface area contributed by atoms with E-state index in [2.05, 4.69) is 120 Å². The molecule has 1 aliphatic heterocycles. The van der Waals surface area contributed by atoms with Gasteiger partial charge in [0, 0.05) is 37.1 Å². The molecule has 2 nitrogen and oxygen atoms in total. The van der Waals surface area contributed by atoms with Crippen LogP contribution in [0.5, 0.6) is 0 Å². The lowest BCUT2D eigenvalue weighted by Crippen LogP contribution is -2.59. The summed E-state index contributed by atoms with van der Waals surface area (Å²) in [5.74, 6) is 0. The number of benzene rings is 2. The first kappa shape index (κ1) is 19.7. The number of fused-ring (bicyclic) bond motifs is 3. The standard InChI is InChI=1S/C29H30N2/c1-3-11-27-26(4-2)30-18-16-24(22-12-7-5-8-13-22)20-28(30)29-21-25(17-19-31(27)29)23-14-9-6-10-15-23/h5-10,12-21,26-27H,3-4,11H2,1-2H3/q+2/t26-,27-/m1/s1. The summed E-state index contributed by atoms with van der Waals surface area (Å²) in [6.07, 6.45) is 8.13. The van der Waals surface area contributed by atoms with Gasteiger partial charge >= 0.3 is 0 Å². The van der Waals surface area contributed by atoms with Crippen LogP contribution in [0.25, 0.3) is 33.6 Å². The van der Waals surface area contributed by atoms with Crippen LogP contribution in [0.3, 0.4) is 0 Å². The van der Waals surface area contributed by atoms with E-state index < -0.39 is 0 Å². The highest BCUT2D eigenvalue weighted by Crippen LogP contribution is 2.34. The van der Waals surface area contributed by atoms with Gasteiger partial charge in [-0.1, -0.05) is 74.5 Å². The lowest BCUT2D eigenvalue weighted by atomic mass is 9.93. The van der Waals surface area contributed by atoms with Crippen LogP contribution in [0.15, 0.2) is 97.3 Å². The fourth-order valence-electron chi connectivity index (χ4n) is 5.10. The van der Waals surface area contributed by atoms with E-state index in [0.29, 0.717) is 12.1 Å². The molecule has 2 atom stereocenters. The Hall–Kier alpha value is -3.26. The van der Waals surface area contributed by atoms with E-state index in [-0.39, 0.29) is 0 Å². The van der Waals surface area contributed by atoms with Gasteiger partial charge in [0.2, 0.25) is 12.1 Å². The van der Waals surface area contributed by atoms with Crippen molar-refractivity contribution < 1.29 is 9.13 Å². The third-order valence-corrected chi connectivity index (χ3v) is 6.61. The molecule has 2 aromatic carbocycles. The van der Waals surface area contributed by atoms with Crippen molar-refractivity contribution in [1.82, 2.24) is 0 Å². The predicted octanol–water partition coefficient (Wildman–Crippen LogP) is 6.57. The summed E-state index contributed by atoms with van der Waals surface area (Å²) < 4.78 is 5.06. The van der Waals surface area contributed by atoms with E-state index in [9.17, 15) is 0 Å². The van der Waals surface area contributed by atoms with E-state index in [0.717, 1.165) is 6.42 Å². The van der Waals surface area contributed by atoms with Gasteiger partial charge in [-0.05, 0) is 28.7 Å². The Morgan fingerprint density at radius 2 is 1.06 bits per heavy atom. The van der Waals surface area contributed by atoms with Crippen LogP contribution in [0.4, 0.5) is 0 Å². The van der Waals surface area contributed by atoms with Crippen LogP contribution in [0.1, 0.15) is 45.2 Å². The molecule has 0 saturated carbocycles. The molecule has 0 spiro atoms. The molecule has 154 valence electrons. The van der Waals surface area contributed by atoms with Crippen molar-refractivity contribution in [2.45, 2.75) is 45.2 Å². The highest BCUT2D eigenvalue weighted by atomic mass is 15.2. The molecule has 31 heavy (non-hydrogen) atoms. The molecule has 4 aromatic rings. The molecule has 0 bridgehead atoms. The quantitative estimate of drug-likeness (QED) is 0.331. The summed E-state index contributed by atoms with van der Waals surface area (Å²) in [6.45, 7) is 4.61. The number of nitrogens with zero attached hydrogens (tertiary/aromatic N) is 2. The molecular formula is C29H30N2+2. The maximum absolute atomic E-state index is 2.54. The van der Waals surface area contributed by atoms with Crippen molar-refractivity contribution in [3.05, 3.63) is 97.3 Å². The average Bonchev–Trinajstić information content (AvgIpc) is 2.85. The normalized spacial score (nSPS) is 17.1. The van der Waals surface area contributed by atoms with Crippen LogP contribution in [-0.2, 0) is 0 Å². The summed E-state index contributed by atoms with van der Waals surface area (Å²) in [6, 6.07) is 31.7. The molecule has 2 aromatic heterocycles. The molecule has 0 fully saturated rings. The lowest BCUT2D eigenvalue weighted by molar-refractivity contribution is -0.832. The maximum atomic E-state index is 2.54. The van der Waals surface area contributed by atoms with Crippen LogP contribution in [-0.4, -0.2) is 0 Å². The molecule has 5 rings (SSSR count). The fourth-order valence-corrected chi connectivity index (χ4v) is 5.10. The van der Waals surface area contributed by atoms with Gasteiger partial charge in [-0.15, -0.1) is 0 Å². The SMILES string of the molecule is CCC[C@@H]1[C@@H](CC)[n+]2ccc(-c3ccccc3)cc2-c2cc(-c3ccccc3)cc[n+]21. The molecule has 0 saturated heterocycles. The number of hydrogen-bond acceptors (Lipinski definition) is 0. The second-order valence-corrected chi connectivity index (χ2v) is 8.48. The number of rotatable bonds is 5. The number of pyridine rings is 2. The highest BCUT2D eigenvalue weighted by molar-refractivity contribution is 5.70. The summed E-state index contributed by atoms with van der Waals surface area (Å²) in [5.41, 5.74) is 7.68. The van der Waals surface area contributed by atoms with Gasteiger partial charge in [0.25, 0.3) is 11.4 Å². The molecule has 0 amide bonds. The van der Waals surface area contributed by atoms with Crippen molar-refractivity contribution in [1.29, 1.82) is 0 Å². The molecule has 0 unspecified atom stereocenters. The first-order chi connectivity index (χ1) is 15.3. The Kier molecular flexibility index (Phi) is 5.38. The Labute approximate surface area is 185 Å². The maximum Gasteiger partial charge on any atom is 0.278 e. The van der Waals surface area contributed by atoms with Crippen LogP contribution in [0, 0.1) is 0 Å². The topological polar surface area (TPSA) is 7.76 Å². The van der Waals surface area contributed by atoms with E-state index in [4.69, 9.17) is 0 Å². The fraction of sp³-hybridized carbons (Fsp3) is 0.241. The van der Waals surface area contributed by atoms with Crippen molar-refractivity contribution in [2.75, 3.05) is 0 Å². The third kappa shape index (κ3) is 3.57. The van der Waals surface area contributed by atoms with E-state index >= 15 is 0 Å². The predicted molar refractivity (Wildman–Crippen MR) is 126 cm³/mol. The second-order valence-electron chi connectivity index (χ2n) is 8.48. The van der Waals surface area contributed by atoms with Gasteiger partial charge in [0.05, 0.1) is 0 Å². The summed E-state index contributed by atoms with van der Waals surface area (Å²) in [4.78, 5) is 0. The Balaban J connectivity index is 1.72. The lowest BCUT2D eigenvalue weighted by Gasteiger charge is -2.25. The molecule has 2 heteroatoms. The molecule has 1 aliphatic rings. The average molecular weight is 407 g/mol. The first-order valence-electron chi connectivity index (χ1n) is 11.5. The zero-order valence-electron chi connectivity index (χ0n) is 18.4. The van der Waals surface area contributed by atoms with E-state index in [1.54, 1.807) is 0 Å². The van der Waals surface area contributed by atoms with Gasteiger partial charge in [0.15, 0.2) is 12.4 Å². The summed E-state index contributed by atoms with van der Waals surface area (Å²) in [7, 11) is 0. The van der Waals surface area contributed by atoms with Crippen molar-refractivity contribution in [3.8, 4) is 33.6 Å². The minimum Gasteiger partial charge on any atom is -0.183 e. The van der Waals surface area contributed by atoms with Gasteiger partial charge in [-0.3, -0.25) is 0 Å². The molecular weight excluding hydrogens is 376 g/mol. The van der Waals surface area contributed by atoms with Crippen molar-refractivity contribution in [3.63, 3.8) is 0 Å². The molecule has 3 heterocycles. The highest BCUT2D eigenvalue weighted by Gasteiger charge is 2.45. The minimum atomic E-state index is 0.472. The van der Waals surface area contributed by atoms with Crippen molar-refractivity contribution >= 4 is 0 Å². The van der Waals surface area contributed by atoms with Crippen molar-refractivity contribution in [2.24, 2.45) is 0 Å². The first-order valence-corrected chi connectivity index (χ1v) is 11.5. The monoisotopic (exact) mass is 406 g/mol. The van der Waals surface area contributed by atoms with Crippen LogP contribution >= 0.6 is 0 Å². The van der Waals surface area contributed by atoms with E-state index in [1.165, 1.54) is 46.5 Å². The van der Waals surface area contributed by atoms with Gasteiger partial charge < -0.3 is 0 Å². The Morgan fingerprint density at radius 3 is 1.52 bits per heavy atom. The van der Waals surface area contributed by atoms with E-state index in [1.807, 2.05) is 0 Å². The molecule has 0 aliphatic carbocycles. The summed E-state index contributed by atoms with van der Waals surface area (Å²) in [5, 5.41) is 0. The second kappa shape index (κ2) is 8.47. The summed E-state index contributed by atoms with van der Waals surface area (Å²) >= 11 is 0. The number of hydrogen-bond donors (Lipinski definition) is 0. The van der Waals surface area contributed by atoms with Crippen LogP contribution < -0.4 is 9.13 Å². The van der Waals surface area contributed by atoms with Gasteiger partial charge in [0.1, 0.15) is 0 Å². The molecule has 0 N–H and O–H groups in total. The third-order valence-electron chi connectivity index (χ3n) is 6.61. The zero-order valence-corrected chi connectivity index (χ0v) is 18.4. The zero-order chi connectivity index (χ0) is 21.2. The largest absolute Gasteiger partial charge is 0.278 e. The number of aromatic nitrogens is 2. The smallest absolute Gasteiger partial charge is 0.183 e. The molecule has 0 radical (unpaired) electrons. The minimum absolute atomic E-state index is 0.472. The Bertz CT molecular complexity index is 1180. The van der Waals surface area contributed by atoms with Gasteiger partial charge in [-0.2, -0.15) is 9.13 Å². The van der Waals surface area contributed by atoms with Gasteiger partial charge in [-0.25, -0.2) is 0 Å².